The van der Waals surface area contributed by atoms with Crippen LogP contribution < -0.4 is 10.1 Å². The van der Waals surface area contributed by atoms with Crippen molar-refractivity contribution in [3.63, 3.8) is 0 Å². The molecule has 0 aliphatic heterocycles. The first-order valence-corrected chi connectivity index (χ1v) is 5.67. The van der Waals surface area contributed by atoms with Gasteiger partial charge in [0.1, 0.15) is 12.4 Å². The minimum Gasteiger partial charge on any atom is -0.489 e. The van der Waals surface area contributed by atoms with E-state index in [4.69, 9.17) is 4.74 Å². The Morgan fingerprint density at radius 1 is 1.17 bits per heavy atom. The SMILES string of the molecule is Cc1ccc(NCCOc2ccccc2F)nn1. The summed E-state index contributed by atoms with van der Waals surface area (Å²) in [5, 5.41) is 10.9. The molecule has 0 atom stereocenters. The molecule has 0 aliphatic rings. The van der Waals surface area contributed by atoms with Crippen molar-refractivity contribution in [2.75, 3.05) is 18.5 Å². The lowest BCUT2D eigenvalue weighted by Gasteiger charge is -2.08. The van der Waals surface area contributed by atoms with E-state index in [1.807, 2.05) is 19.1 Å². The standard InChI is InChI=1S/C13H14FN3O/c1-10-6-7-13(17-16-10)15-8-9-18-12-5-3-2-4-11(12)14/h2-7H,8-9H2,1H3,(H,15,17). The number of nitrogens with zero attached hydrogens (tertiary/aromatic N) is 2. The van der Waals surface area contributed by atoms with Crippen molar-refractivity contribution in [3.8, 4) is 5.75 Å². The van der Waals surface area contributed by atoms with Gasteiger partial charge in [-0.25, -0.2) is 4.39 Å². The second-order valence-electron chi connectivity index (χ2n) is 3.77. The van der Waals surface area contributed by atoms with Crippen molar-refractivity contribution >= 4 is 5.82 Å². The van der Waals surface area contributed by atoms with Gasteiger partial charge in [-0.1, -0.05) is 12.1 Å². The average Bonchev–Trinajstić information content (AvgIpc) is 2.39. The van der Waals surface area contributed by atoms with Crippen LogP contribution in [0.4, 0.5) is 10.2 Å². The molecular weight excluding hydrogens is 233 g/mol. The number of rotatable bonds is 5. The van der Waals surface area contributed by atoms with E-state index in [9.17, 15) is 4.39 Å². The molecule has 0 fully saturated rings. The van der Waals surface area contributed by atoms with Crippen LogP contribution in [0.3, 0.4) is 0 Å². The molecule has 0 saturated heterocycles. The zero-order chi connectivity index (χ0) is 12.8. The maximum atomic E-state index is 13.2. The number of aryl methyl sites for hydroxylation is 1. The van der Waals surface area contributed by atoms with Crippen LogP contribution in [0.5, 0.6) is 5.75 Å². The molecule has 0 unspecified atom stereocenters. The largest absolute Gasteiger partial charge is 0.489 e. The molecule has 0 radical (unpaired) electrons. The van der Waals surface area contributed by atoms with Crippen molar-refractivity contribution in [2.45, 2.75) is 6.92 Å². The molecule has 2 rings (SSSR count). The minimum absolute atomic E-state index is 0.259. The molecule has 0 saturated carbocycles. The summed E-state index contributed by atoms with van der Waals surface area (Å²) in [4.78, 5) is 0. The van der Waals surface area contributed by atoms with Crippen molar-refractivity contribution < 1.29 is 9.13 Å². The maximum Gasteiger partial charge on any atom is 0.165 e. The van der Waals surface area contributed by atoms with Gasteiger partial charge in [-0.05, 0) is 31.2 Å². The maximum absolute atomic E-state index is 13.2. The Labute approximate surface area is 105 Å². The molecule has 0 aliphatic carbocycles. The summed E-state index contributed by atoms with van der Waals surface area (Å²) >= 11 is 0. The number of aromatic nitrogens is 2. The summed E-state index contributed by atoms with van der Waals surface area (Å²) in [6.45, 7) is 2.76. The fourth-order valence-electron chi connectivity index (χ4n) is 1.40. The number of ether oxygens (including phenoxy) is 1. The summed E-state index contributed by atoms with van der Waals surface area (Å²) in [5.74, 6) is 0.583. The van der Waals surface area contributed by atoms with Gasteiger partial charge in [0.15, 0.2) is 11.6 Å². The Bertz CT molecular complexity index is 502. The van der Waals surface area contributed by atoms with Crippen LogP contribution >= 0.6 is 0 Å². The first-order valence-electron chi connectivity index (χ1n) is 5.67. The predicted octanol–water partition coefficient (Wildman–Crippen LogP) is 2.42. The zero-order valence-corrected chi connectivity index (χ0v) is 10.1. The van der Waals surface area contributed by atoms with Gasteiger partial charge in [-0.15, -0.1) is 5.10 Å². The van der Waals surface area contributed by atoms with Gasteiger partial charge in [-0.3, -0.25) is 0 Å². The molecule has 1 aromatic carbocycles. The summed E-state index contributed by atoms with van der Waals surface area (Å²) in [6, 6.07) is 10.0. The Kier molecular flexibility index (Phi) is 4.06. The van der Waals surface area contributed by atoms with Crippen LogP contribution in [0, 0.1) is 12.7 Å². The molecule has 0 amide bonds. The van der Waals surface area contributed by atoms with Crippen LogP contribution in [-0.4, -0.2) is 23.3 Å². The van der Waals surface area contributed by atoms with Crippen LogP contribution in [0.2, 0.25) is 0 Å². The molecule has 1 aromatic heterocycles. The Balaban J connectivity index is 1.76. The molecule has 18 heavy (non-hydrogen) atoms. The first-order chi connectivity index (χ1) is 8.75. The Morgan fingerprint density at radius 3 is 2.72 bits per heavy atom. The van der Waals surface area contributed by atoms with E-state index in [0.717, 1.165) is 5.69 Å². The number of benzene rings is 1. The van der Waals surface area contributed by atoms with Crippen molar-refractivity contribution in [1.29, 1.82) is 0 Å². The molecule has 2 aromatic rings. The van der Waals surface area contributed by atoms with Crippen LogP contribution in [0.15, 0.2) is 36.4 Å². The van der Waals surface area contributed by atoms with Gasteiger partial charge in [0.25, 0.3) is 0 Å². The number of nitrogens with one attached hydrogen (secondary N) is 1. The van der Waals surface area contributed by atoms with Gasteiger partial charge in [0, 0.05) is 0 Å². The molecule has 1 heterocycles. The van der Waals surface area contributed by atoms with E-state index < -0.39 is 0 Å². The zero-order valence-electron chi connectivity index (χ0n) is 10.1. The monoisotopic (exact) mass is 247 g/mol. The van der Waals surface area contributed by atoms with Gasteiger partial charge in [-0.2, -0.15) is 5.10 Å². The second-order valence-corrected chi connectivity index (χ2v) is 3.77. The number of hydrogen-bond acceptors (Lipinski definition) is 4. The normalized spacial score (nSPS) is 10.1. The molecular formula is C13H14FN3O. The van der Waals surface area contributed by atoms with Crippen LogP contribution in [0.25, 0.3) is 0 Å². The minimum atomic E-state index is -0.354. The van der Waals surface area contributed by atoms with Gasteiger partial charge >= 0.3 is 0 Å². The van der Waals surface area contributed by atoms with Crippen molar-refractivity contribution in [1.82, 2.24) is 10.2 Å². The highest BCUT2D eigenvalue weighted by Crippen LogP contribution is 2.14. The highest BCUT2D eigenvalue weighted by atomic mass is 19.1. The Hall–Kier alpha value is -2.17. The average molecular weight is 247 g/mol. The molecule has 94 valence electrons. The van der Waals surface area contributed by atoms with Crippen molar-refractivity contribution in [2.24, 2.45) is 0 Å². The quantitative estimate of drug-likeness (QED) is 0.824. The summed E-state index contributed by atoms with van der Waals surface area (Å²) in [6.07, 6.45) is 0. The fraction of sp³-hybridized carbons (Fsp3) is 0.231. The Morgan fingerprint density at radius 2 is 2.00 bits per heavy atom. The van der Waals surface area contributed by atoms with E-state index >= 15 is 0 Å². The fourth-order valence-corrected chi connectivity index (χ4v) is 1.40. The third-order valence-corrected chi connectivity index (χ3v) is 2.30. The van der Waals surface area contributed by atoms with Crippen LogP contribution in [0.1, 0.15) is 5.69 Å². The summed E-state index contributed by atoms with van der Waals surface area (Å²) < 4.78 is 18.5. The third-order valence-electron chi connectivity index (χ3n) is 2.30. The highest BCUT2D eigenvalue weighted by Gasteiger charge is 2.00. The van der Waals surface area contributed by atoms with E-state index in [1.165, 1.54) is 6.07 Å². The molecule has 4 nitrogen and oxygen atoms in total. The molecule has 0 bridgehead atoms. The molecule has 0 spiro atoms. The van der Waals surface area contributed by atoms with Gasteiger partial charge < -0.3 is 10.1 Å². The summed E-state index contributed by atoms with van der Waals surface area (Å²) in [5.41, 5.74) is 0.864. The van der Waals surface area contributed by atoms with Crippen LogP contribution in [-0.2, 0) is 0 Å². The topological polar surface area (TPSA) is 47.0 Å². The number of anilines is 1. The van der Waals surface area contributed by atoms with Gasteiger partial charge in [0.2, 0.25) is 0 Å². The van der Waals surface area contributed by atoms with E-state index in [2.05, 4.69) is 15.5 Å². The second kappa shape index (κ2) is 5.95. The highest BCUT2D eigenvalue weighted by molar-refractivity contribution is 5.32. The third kappa shape index (κ3) is 3.41. The van der Waals surface area contributed by atoms with Gasteiger partial charge in [0.05, 0.1) is 12.2 Å². The lowest BCUT2D eigenvalue weighted by molar-refractivity contribution is 0.315. The molecule has 5 heteroatoms. The lowest BCUT2D eigenvalue weighted by Crippen LogP contribution is -2.13. The number of para-hydroxylation sites is 1. The predicted molar refractivity (Wildman–Crippen MR) is 67.2 cm³/mol. The smallest absolute Gasteiger partial charge is 0.165 e. The molecule has 1 N–H and O–H groups in total. The summed E-state index contributed by atoms with van der Waals surface area (Å²) in [7, 11) is 0. The first kappa shape index (κ1) is 12.3. The van der Waals surface area contributed by atoms with Crippen molar-refractivity contribution in [3.05, 3.63) is 47.9 Å². The van der Waals surface area contributed by atoms with E-state index in [0.29, 0.717) is 19.0 Å². The van der Waals surface area contributed by atoms with E-state index in [-0.39, 0.29) is 11.6 Å². The number of hydrogen-bond donors (Lipinski definition) is 1. The lowest BCUT2D eigenvalue weighted by atomic mass is 10.3. The number of halogens is 1. The van der Waals surface area contributed by atoms with E-state index in [1.54, 1.807) is 18.2 Å².